The van der Waals surface area contributed by atoms with Gasteiger partial charge in [0.15, 0.2) is 5.16 Å². The molecule has 0 saturated carbocycles. The molecule has 0 aliphatic rings. The van der Waals surface area contributed by atoms with Crippen molar-refractivity contribution >= 4 is 29.1 Å². The summed E-state index contributed by atoms with van der Waals surface area (Å²) in [5.41, 5.74) is 6.03. The van der Waals surface area contributed by atoms with E-state index < -0.39 is 0 Å². The molecule has 19 heavy (non-hydrogen) atoms. The number of hydrazine groups is 1. The van der Waals surface area contributed by atoms with Crippen molar-refractivity contribution in [3.8, 4) is 0 Å². The molecule has 0 unspecified atom stereocenters. The lowest BCUT2D eigenvalue weighted by Gasteiger charge is -2.12. The standard InChI is InChI=1S/C13H17N5S/c1-8-5-4-6-10(9(8)2)15-11-7-12(18-14)17-13(16-11)19-3/h4-7H,14H2,1-3H3,(H2,15,16,17,18). The summed E-state index contributed by atoms with van der Waals surface area (Å²) in [6.07, 6.45) is 1.93. The Hall–Kier alpha value is -1.79. The van der Waals surface area contributed by atoms with Gasteiger partial charge in [-0.3, -0.25) is 0 Å². The summed E-state index contributed by atoms with van der Waals surface area (Å²) in [5.74, 6) is 6.73. The van der Waals surface area contributed by atoms with E-state index in [1.807, 2.05) is 18.4 Å². The van der Waals surface area contributed by atoms with Crippen LogP contribution < -0.4 is 16.6 Å². The van der Waals surface area contributed by atoms with Crippen LogP contribution >= 0.6 is 11.8 Å². The maximum Gasteiger partial charge on any atom is 0.191 e. The van der Waals surface area contributed by atoms with Crippen LogP contribution in [-0.4, -0.2) is 16.2 Å². The van der Waals surface area contributed by atoms with Gasteiger partial charge >= 0.3 is 0 Å². The van der Waals surface area contributed by atoms with Crippen molar-refractivity contribution in [1.82, 2.24) is 9.97 Å². The number of nitrogen functional groups attached to an aromatic ring is 1. The number of aryl methyl sites for hydroxylation is 1. The first-order valence-corrected chi connectivity index (χ1v) is 7.09. The Balaban J connectivity index is 2.34. The van der Waals surface area contributed by atoms with Gasteiger partial charge in [-0.2, -0.15) is 0 Å². The van der Waals surface area contributed by atoms with E-state index in [1.165, 1.54) is 22.9 Å². The Morgan fingerprint density at radius 1 is 1.16 bits per heavy atom. The van der Waals surface area contributed by atoms with Gasteiger partial charge in [-0.05, 0) is 37.3 Å². The van der Waals surface area contributed by atoms with Crippen molar-refractivity contribution in [3.05, 3.63) is 35.4 Å². The summed E-state index contributed by atoms with van der Waals surface area (Å²) in [6.45, 7) is 4.16. The van der Waals surface area contributed by atoms with E-state index in [1.54, 1.807) is 6.07 Å². The zero-order valence-corrected chi connectivity index (χ0v) is 12.0. The Bertz CT molecular complexity index is 563. The normalized spacial score (nSPS) is 10.3. The van der Waals surface area contributed by atoms with Crippen LogP contribution in [0.4, 0.5) is 17.3 Å². The average Bonchev–Trinajstić information content (AvgIpc) is 2.43. The Morgan fingerprint density at radius 3 is 2.58 bits per heavy atom. The number of nitrogens with zero attached hydrogens (tertiary/aromatic N) is 2. The van der Waals surface area contributed by atoms with Crippen molar-refractivity contribution in [2.75, 3.05) is 17.0 Å². The minimum absolute atomic E-state index is 0.590. The van der Waals surface area contributed by atoms with E-state index in [0.29, 0.717) is 11.0 Å². The number of aromatic nitrogens is 2. The highest BCUT2D eigenvalue weighted by atomic mass is 32.2. The van der Waals surface area contributed by atoms with Crippen LogP contribution in [0.25, 0.3) is 0 Å². The fourth-order valence-corrected chi connectivity index (χ4v) is 2.06. The average molecular weight is 275 g/mol. The maximum absolute atomic E-state index is 5.41. The van der Waals surface area contributed by atoms with Gasteiger partial charge in [0, 0.05) is 11.8 Å². The molecule has 1 aromatic carbocycles. The SMILES string of the molecule is CSc1nc(NN)cc(Nc2cccc(C)c2C)n1. The van der Waals surface area contributed by atoms with Crippen LogP contribution in [0.3, 0.4) is 0 Å². The smallest absolute Gasteiger partial charge is 0.191 e. The second kappa shape index (κ2) is 5.90. The van der Waals surface area contributed by atoms with E-state index in [2.05, 4.69) is 40.6 Å². The fraction of sp³-hybridized carbons (Fsp3) is 0.231. The summed E-state index contributed by atoms with van der Waals surface area (Å²) >= 11 is 1.47. The highest BCUT2D eigenvalue weighted by Gasteiger charge is 2.06. The van der Waals surface area contributed by atoms with Crippen LogP contribution in [0.15, 0.2) is 29.4 Å². The number of nitrogens with two attached hydrogens (primary N) is 1. The molecule has 0 atom stereocenters. The molecular formula is C13H17N5S. The molecule has 0 radical (unpaired) electrons. The molecule has 6 heteroatoms. The number of rotatable bonds is 4. The fourth-order valence-electron chi connectivity index (χ4n) is 1.68. The van der Waals surface area contributed by atoms with Crippen LogP contribution in [0.5, 0.6) is 0 Å². The number of hydrogen-bond donors (Lipinski definition) is 3. The number of nitrogens with one attached hydrogen (secondary N) is 2. The number of benzene rings is 1. The Morgan fingerprint density at radius 2 is 1.89 bits per heavy atom. The largest absolute Gasteiger partial charge is 0.340 e. The lowest BCUT2D eigenvalue weighted by molar-refractivity contribution is 0.971. The number of thioether (sulfide) groups is 1. The predicted octanol–water partition coefficient (Wildman–Crippen LogP) is 2.84. The van der Waals surface area contributed by atoms with Crippen molar-refractivity contribution in [3.63, 3.8) is 0 Å². The lowest BCUT2D eigenvalue weighted by Crippen LogP contribution is -2.10. The highest BCUT2D eigenvalue weighted by molar-refractivity contribution is 7.98. The molecule has 0 aliphatic carbocycles. The summed E-state index contributed by atoms with van der Waals surface area (Å²) in [7, 11) is 0. The third-order valence-corrected chi connectivity index (χ3v) is 3.45. The van der Waals surface area contributed by atoms with E-state index in [0.717, 1.165) is 11.5 Å². The lowest BCUT2D eigenvalue weighted by atomic mass is 10.1. The van der Waals surface area contributed by atoms with Gasteiger partial charge in [-0.1, -0.05) is 23.9 Å². The summed E-state index contributed by atoms with van der Waals surface area (Å²) in [4.78, 5) is 8.64. The van der Waals surface area contributed by atoms with Gasteiger partial charge in [0.1, 0.15) is 11.6 Å². The van der Waals surface area contributed by atoms with Gasteiger partial charge in [0.05, 0.1) is 0 Å². The molecule has 0 spiro atoms. The zero-order valence-electron chi connectivity index (χ0n) is 11.2. The van der Waals surface area contributed by atoms with Crippen LogP contribution in [0.2, 0.25) is 0 Å². The molecule has 2 rings (SSSR count). The third kappa shape index (κ3) is 3.15. The van der Waals surface area contributed by atoms with Crippen molar-refractivity contribution in [1.29, 1.82) is 0 Å². The molecule has 0 saturated heterocycles. The molecule has 0 amide bonds. The predicted molar refractivity (Wildman–Crippen MR) is 80.8 cm³/mol. The first-order valence-electron chi connectivity index (χ1n) is 5.87. The molecule has 2 aromatic rings. The molecule has 0 aliphatic heterocycles. The second-order valence-corrected chi connectivity index (χ2v) is 4.92. The summed E-state index contributed by atoms with van der Waals surface area (Å²) in [5, 5.41) is 3.97. The van der Waals surface area contributed by atoms with Crippen LogP contribution in [0.1, 0.15) is 11.1 Å². The van der Waals surface area contributed by atoms with E-state index in [9.17, 15) is 0 Å². The molecule has 0 bridgehead atoms. The van der Waals surface area contributed by atoms with Gasteiger partial charge < -0.3 is 10.7 Å². The molecule has 100 valence electrons. The Labute approximate surface area is 117 Å². The van der Waals surface area contributed by atoms with Crippen LogP contribution in [0, 0.1) is 13.8 Å². The van der Waals surface area contributed by atoms with Gasteiger partial charge in [0.25, 0.3) is 0 Å². The van der Waals surface area contributed by atoms with Crippen molar-refractivity contribution in [2.45, 2.75) is 19.0 Å². The second-order valence-electron chi connectivity index (χ2n) is 4.14. The minimum atomic E-state index is 0.590. The third-order valence-electron chi connectivity index (χ3n) is 2.90. The molecule has 0 fully saturated rings. The summed E-state index contributed by atoms with van der Waals surface area (Å²) in [6, 6.07) is 7.91. The first kappa shape index (κ1) is 13.6. The zero-order chi connectivity index (χ0) is 13.8. The monoisotopic (exact) mass is 275 g/mol. The van der Waals surface area contributed by atoms with E-state index >= 15 is 0 Å². The molecule has 4 N–H and O–H groups in total. The first-order chi connectivity index (χ1) is 9.13. The van der Waals surface area contributed by atoms with E-state index in [-0.39, 0.29) is 0 Å². The number of anilines is 3. The molecule has 1 heterocycles. The van der Waals surface area contributed by atoms with Gasteiger partial charge in [-0.25, -0.2) is 15.8 Å². The Kier molecular flexibility index (Phi) is 4.24. The quantitative estimate of drug-likeness (QED) is 0.345. The molecule has 5 nitrogen and oxygen atoms in total. The van der Waals surface area contributed by atoms with Gasteiger partial charge in [0.2, 0.25) is 0 Å². The summed E-state index contributed by atoms with van der Waals surface area (Å²) < 4.78 is 0. The maximum atomic E-state index is 5.41. The van der Waals surface area contributed by atoms with E-state index in [4.69, 9.17) is 5.84 Å². The van der Waals surface area contributed by atoms with Crippen molar-refractivity contribution in [2.24, 2.45) is 5.84 Å². The topological polar surface area (TPSA) is 75.9 Å². The molecular weight excluding hydrogens is 258 g/mol. The molecule has 1 aromatic heterocycles. The van der Waals surface area contributed by atoms with Crippen LogP contribution in [-0.2, 0) is 0 Å². The van der Waals surface area contributed by atoms with Crippen molar-refractivity contribution < 1.29 is 0 Å². The highest BCUT2D eigenvalue weighted by Crippen LogP contribution is 2.24. The minimum Gasteiger partial charge on any atom is -0.340 e. The van der Waals surface area contributed by atoms with Gasteiger partial charge in [-0.15, -0.1) is 0 Å². The number of hydrogen-bond acceptors (Lipinski definition) is 6.